The number of benzene rings is 3. The van der Waals surface area contributed by atoms with Crippen LogP contribution in [-0.2, 0) is 5.41 Å². The molecule has 6 rings (SSSR count). The summed E-state index contributed by atoms with van der Waals surface area (Å²) in [6.45, 7) is 3.05. The number of fused-ring (bicyclic) bond motifs is 8. The standard InChI is InChI=1S/C28H28FNO/c29-21-11-9-19(10-12-21)27(31)20-13-15-30(16-14-20)18-28-17-24(22-5-1-3-7-25(22)28)23-6-2-4-8-26(23)28/h1-12,20,24,27,31H,13-18H2. The van der Waals surface area contributed by atoms with Crippen LogP contribution in [0.5, 0.6) is 0 Å². The summed E-state index contributed by atoms with van der Waals surface area (Å²) in [4.78, 5) is 2.61. The Morgan fingerprint density at radius 1 is 0.871 bits per heavy atom. The van der Waals surface area contributed by atoms with Gasteiger partial charge in [0.15, 0.2) is 0 Å². The van der Waals surface area contributed by atoms with E-state index in [1.54, 1.807) is 12.1 Å². The summed E-state index contributed by atoms with van der Waals surface area (Å²) in [5, 5.41) is 10.8. The van der Waals surface area contributed by atoms with Crippen molar-refractivity contribution in [1.82, 2.24) is 4.90 Å². The minimum atomic E-state index is -0.510. The van der Waals surface area contributed by atoms with Crippen LogP contribution < -0.4 is 0 Å². The first kappa shape index (κ1) is 19.2. The first-order valence-corrected chi connectivity index (χ1v) is 11.5. The van der Waals surface area contributed by atoms with Crippen LogP contribution in [0.25, 0.3) is 0 Å². The Morgan fingerprint density at radius 3 is 2.06 bits per heavy atom. The fourth-order valence-corrected chi connectivity index (χ4v) is 6.55. The molecule has 1 atom stereocenters. The minimum Gasteiger partial charge on any atom is -0.388 e. The Bertz CT molecular complexity index is 1050. The highest BCUT2D eigenvalue weighted by Gasteiger charge is 2.53. The second-order valence-corrected chi connectivity index (χ2v) is 9.62. The lowest BCUT2D eigenvalue weighted by Crippen LogP contribution is -2.44. The molecular weight excluding hydrogens is 385 g/mol. The average Bonchev–Trinajstić information content (AvgIpc) is 3.32. The van der Waals surface area contributed by atoms with Crippen molar-refractivity contribution in [3.63, 3.8) is 0 Å². The van der Waals surface area contributed by atoms with E-state index in [1.807, 2.05) is 0 Å². The van der Waals surface area contributed by atoms with E-state index in [4.69, 9.17) is 0 Å². The highest BCUT2D eigenvalue weighted by molar-refractivity contribution is 5.62. The Labute approximate surface area is 183 Å². The molecule has 31 heavy (non-hydrogen) atoms. The predicted molar refractivity (Wildman–Crippen MR) is 121 cm³/mol. The minimum absolute atomic E-state index is 0.0975. The van der Waals surface area contributed by atoms with Crippen LogP contribution in [0.1, 0.15) is 59.1 Å². The fraction of sp³-hybridized carbons (Fsp3) is 0.357. The average molecular weight is 414 g/mol. The number of nitrogens with zero attached hydrogens (tertiary/aromatic N) is 1. The van der Waals surface area contributed by atoms with Gasteiger partial charge in [-0.1, -0.05) is 60.7 Å². The van der Waals surface area contributed by atoms with Crippen LogP contribution >= 0.6 is 0 Å². The highest BCUT2D eigenvalue weighted by Crippen LogP contribution is 2.60. The van der Waals surface area contributed by atoms with E-state index in [1.165, 1.54) is 40.8 Å². The molecule has 2 bridgehead atoms. The summed E-state index contributed by atoms with van der Waals surface area (Å²) in [5.41, 5.74) is 7.00. The van der Waals surface area contributed by atoms with Crippen LogP contribution in [0.4, 0.5) is 4.39 Å². The molecule has 3 aliphatic rings. The second kappa shape index (κ2) is 7.29. The lowest BCUT2D eigenvalue weighted by molar-refractivity contribution is 0.0540. The summed E-state index contributed by atoms with van der Waals surface area (Å²) in [6, 6.07) is 24.4. The van der Waals surface area contributed by atoms with Crippen molar-refractivity contribution < 1.29 is 9.50 Å². The van der Waals surface area contributed by atoms with Gasteiger partial charge in [0.2, 0.25) is 0 Å². The third-order valence-electron chi connectivity index (χ3n) is 8.04. The molecule has 1 heterocycles. The first-order valence-electron chi connectivity index (χ1n) is 11.5. The van der Waals surface area contributed by atoms with Crippen LogP contribution in [0, 0.1) is 11.7 Å². The van der Waals surface area contributed by atoms with E-state index in [0.717, 1.165) is 38.0 Å². The smallest absolute Gasteiger partial charge is 0.123 e. The molecule has 1 unspecified atom stereocenters. The van der Waals surface area contributed by atoms with Gasteiger partial charge in [0.05, 0.1) is 6.10 Å². The number of hydrogen-bond acceptors (Lipinski definition) is 2. The van der Waals surface area contributed by atoms with Gasteiger partial charge < -0.3 is 10.0 Å². The zero-order valence-corrected chi connectivity index (χ0v) is 17.7. The van der Waals surface area contributed by atoms with Gasteiger partial charge in [0.25, 0.3) is 0 Å². The van der Waals surface area contributed by atoms with E-state index in [9.17, 15) is 9.50 Å². The number of rotatable bonds is 4. The zero-order valence-electron chi connectivity index (χ0n) is 17.7. The molecule has 0 radical (unpaired) electrons. The summed E-state index contributed by atoms with van der Waals surface area (Å²) in [6.07, 6.45) is 2.62. The van der Waals surface area contributed by atoms with Gasteiger partial charge >= 0.3 is 0 Å². The van der Waals surface area contributed by atoms with Gasteiger partial charge in [-0.2, -0.15) is 0 Å². The van der Waals surface area contributed by atoms with Gasteiger partial charge in [-0.05, 0) is 78.2 Å². The molecule has 1 N–H and O–H groups in total. The summed E-state index contributed by atoms with van der Waals surface area (Å²) in [7, 11) is 0. The Morgan fingerprint density at radius 2 is 1.45 bits per heavy atom. The fourth-order valence-electron chi connectivity index (χ4n) is 6.55. The number of halogens is 1. The SMILES string of the molecule is OC(c1ccc(F)cc1)C1CCN(CC23CC(c4ccccc42)c2ccccc23)CC1. The third kappa shape index (κ3) is 2.98. The molecule has 1 fully saturated rings. The largest absolute Gasteiger partial charge is 0.388 e. The maximum Gasteiger partial charge on any atom is 0.123 e. The highest BCUT2D eigenvalue weighted by atomic mass is 19.1. The van der Waals surface area contributed by atoms with Crippen molar-refractivity contribution in [2.75, 3.05) is 19.6 Å². The van der Waals surface area contributed by atoms with Crippen LogP contribution in [-0.4, -0.2) is 29.6 Å². The Kier molecular flexibility index (Phi) is 4.52. The summed E-state index contributed by atoms with van der Waals surface area (Å²) in [5.74, 6) is 0.515. The molecule has 0 aromatic heterocycles. The Hall–Kier alpha value is -2.49. The molecule has 1 saturated heterocycles. The Balaban J connectivity index is 1.21. The first-order chi connectivity index (χ1) is 15.2. The lowest BCUT2D eigenvalue weighted by Gasteiger charge is -2.40. The van der Waals surface area contributed by atoms with Crippen molar-refractivity contribution in [1.29, 1.82) is 0 Å². The number of likely N-dealkylation sites (tertiary alicyclic amines) is 1. The van der Waals surface area contributed by atoms with E-state index in [0.29, 0.717) is 5.92 Å². The number of aliphatic hydroxyl groups excluding tert-OH is 1. The topological polar surface area (TPSA) is 23.5 Å². The molecular formula is C28H28FNO. The van der Waals surface area contributed by atoms with E-state index >= 15 is 0 Å². The molecule has 3 aromatic rings. The van der Waals surface area contributed by atoms with E-state index in [2.05, 4.69) is 53.4 Å². The lowest BCUT2D eigenvalue weighted by atomic mass is 9.74. The molecule has 2 aliphatic carbocycles. The maximum absolute atomic E-state index is 13.2. The molecule has 1 aliphatic heterocycles. The van der Waals surface area contributed by atoms with Crippen molar-refractivity contribution in [3.05, 3.63) is 106 Å². The van der Waals surface area contributed by atoms with E-state index < -0.39 is 6.10 Å². The number of hydrogen-bond donors (Lipinski definition) is 1. The zero-order chi connectivity index (χ0) is 21.0. The van der Waals surface area contributed by atoms with Crippen molar-refractivity contribution in [3.8, 4) is 0 Å². The monoisotopic (exact) mass is 413 g/mol. The molecule has 3 heteroatoms. The van der Waals surface area contributed by atoms with Gasteiger partial charge in [0.1, 0.15) is 5.82 Å². The summed E-state index contributed by atoms with van der Waals surface area (Å²) < 4.78 is 13.2. The maximum atomic E-state index is 13.2. The molecule has 2 nitrogen and oxygen atoms in total. The van der Waals surface area contributed by atoms with Crippen LogP contribution in [0.15, 0.2) is 72.8 Å². The predicted octanol–water partition coefficient (Wildman–Crippen LogP) is 5.41. The number of piperidine rings is 1. The summed E-state index contributed by atoms with van der Waals surface area (Å²) >= 11 is 0. The molecule has 0 amide bonds. The van der Waals surface area contributed by atoms with Crippen LogP contribution in [0.3, 0.4) is 0 Å². The van der Waals surface area contributed by atoms with E-state index in [-0.39, 0.29) is 17.2 Å². The van der Waals surface area contributed by atoms with Crippen LogP contribution in [0.2, 0.25) is 0 Å². The van der Waals surface area contributed by atoms with Crippen molar-refractivity contribution in [2.45, 2.75) is 36.7 Å². The van der Waals surface area contributed by atoms with Gasteiger partial charge in [-0.15, -0.1) is 0 Å². The molecule has 0 spiro atoms. The van der Waals surface area contributed by atoms with Gasteiger partial charge in [-0.3, -0.25) is 0 Å². The van der Waals surface area contributed by atoms with Crippen molar-refractivity contribution >= 4 is 0 Å². The normalized spacial score (nSPS) is 25.9. The second-order valence-electron chi connectivity index (χ2n) is 9.62. The third-order valence-corrected chi connectivity index (χ3v) is 8.04. The van der Waals surface area contributed by atoms with Crippen molar-refractivity contribution in [2.24, 2.45) is 5.92 Å². The molecule has 3 aromatic carbocycles. The van der Waals surface area contributed by atoms with Gasteiger partial charge in [-0.25, -0.2) is 4.39 Å². The van der Waals surface area contributed by atoms with Gasteiger partial charge in [0, 0.05) is 17.9 Å². The molecule has 158 valence electrons. The molecule has 0 saturated carbocycles. The number of aliphatic hydroxyl groups is 1. The quantitative estimate of drug-likeness (QED) is 0.619.